The number of nitrogens with two attached hydrogens (primary N) is 1. The molecular formula is C26H31ClN6O3S. The van der Waals surface area contributed by atoms with Gasteiger partial charge in [0.25, 0.3) is 5.91 Å². The maximum absolute atomic E-state index is 14.1. The molecule has 1 aliphatic heterocycles. The number of amides is 2. The molecule has 0 spiro atoms. The van der Waals surface area contributed by atoms with E-state index in [1.165, 1.54) is 11.3 Å². The van der Waals surface area contributed by atoms with Crippen molar-refractivity contribution in [2.75, 3.05) is 27.7 Å². The summed E-state index contributed by atoms with van der Waals surface area (Å²) in [5, 5.41) is 4.69. The molecule has 3 aromatic rings. The van der Waals surface area contributed by atoms with E-state index >= 15 is 0 Å². The first kappa shape index (κ1) is 25.8. The SMILES string of the molecule is CN1CCc2nc(C(=O)NC3(C(=O)c4cc5cc(Cl)ccc5[nH]4)CCC(C(=O)N(C)C)CC3N)sc2C1. The van der Waals surface area contributed by atoms with Crippen LogP contribution in [0, 0.1) is 5.92 Å². The third kappa shape index (κ3) is 4.79. The van der Waals surface area contributed by atoms with Crippen molar-refractivity contribution >= 4 is 51.4 Å². The number of aromatic nitrogens is 2. The number of halogens is 1. The summed E-state index contributed by atoms with van der Waals surface area (Å²) in [5.41, 5.74) is 7.33. The Hall–Kier alpha value is -2.79. The van der Waals surface area contributed by atoms with Crippen LogP contribution in [0.5, 0.6) is 0 Å². The third-order valence-corrected chi connectivity index (χ3v) is 8.85. The first-order chi connectivity index (χ1) is 17.6. The van der Waals surface area contributed by atoms with Crippen molar-refractivity contribution < 1.29 is 14.4 Å². The van der Waals surface area contributed by atoms with E-state index < -0.39 is 17.5 Å². The molecule has 2 amide bonds. The molecular weight excluding hydrogens is 512 g/mol. The van der Waals surface area contributed by atoms with Crippen LogP contribution in [0.25, 0.3) is 10.9 Å². The molecule has 3 heterocycles. The van der Waals surface area contributed by atoms with Crippen molar-refractivity contribution in [1.29, 1.82) is 0 Å². The van der Waals surface area contributed by atoms with Gasteiger partial charge in [-0.3, -0.25) is 14.4 Å². The van der Waals surface area contributed by atoms with Crippen LogP contribution < -0.4 is 11.1 Å². The topological polar surface area (TPSA) is 124 Å². The standard InChI is InChI=1S/C26H31ClN6O3S/c1-32(2)25(36)14-6-8-26(21(28)12-14,22(34)19-11-15-10-16(27)4-5-17(15)29-19)31-23(35)24-30-18-7-9-33(3)13-20(18)37-24/h4-5,10-11,14,21,29H,6-9,12-13,28H2,1-3H3,(H,31,35). The number of carbonyl (C=O) groups is 3. The van der Waals surface area contributed by atoms with Gasteiger partial charge in [0.1, 0.15) is 5.54 Å². The zero-order chi connectivity index (χ0) is 26.5. The van der Waals surface area contributed by atoms with Crippen LogP contribution in [-0.2, 0) is 17.8 Å². The van der Waals surface area contributed by atoms with Gasteiger partial charge in [-0.2, -0.15) is 0 Å². The lowest BCUT2D eigenvalue weighted by Gasteiger charge is -2.43. The minimum atomic E-state index is -1.38. The quantitative estimate of drug-likeness (QED) is 0.426. The molecule has 1 aliphatic carbocycles. The number of aromatic amines is 1. The average molecular weight is 543 g/mol. The normalized spacial score (nSPS) is 24.0. The van der Waals surface area contributed by atoms with Gasteiger partial charge in [-0.25, -0.2) is 4.98 Å². The molecule has 1 aromatic carbocycles. The first-order valence-electron chi connectivity index (χ1n) is 12.4. The smallest absolute Gasteiger partial charge is 0.281 e. The molecule has 37 heavy (non-hydrogen) atoms. The summed E-state index contributed by atoms with van der Waals surface area (Å²) in [5.74, 6) is -1.06. The van der Waals surface area contributed by atoms with E-state index in [4.69, 9.17) is 17.3 Å². The van der Waals surface area contributed by atoms with Gasteiger partial charge in [0.15, 0.2) is 5.01 Å². The lowest BCUT2D eigenvalue weighted by molar-refractivity contribution is -0.134. The van der Waals surface area contributed by atoms with Gasteiger partial charge >= 0.3 is 0 Å². The van der Waals surface area contributed by atoms with E-state index in [-0.39, 0.29) is 30.4 Å². The maximum Gasteiger partial charge on any atom is 0.281 e. The molecule has 2 aliphatic rings. The number of nitrogens with one attached hydrogen (secondary N) is 2. The minimum Gasteiger partial charge on any atom is -0.352 e. The fraction of sp³-hybridized carbons (Fsp3) is 0.462. The van der Waals surface area contributed by atoms with Crippen LogP contribution in [0.2, 0.25) is 5.02 Å². The molecule has 5 rings (SSSR count). The lowest BCUT2D eigenvalue weighted by Crippen LogP contribution is -2.67. The van der Waals surface area contributed by atoms with E-state index in [2.05, 4.69) is 20.2 Å². The van der Waals surface area contributed by atoms with Crippen LogP contribution in [-0.4, -0.2) is 76.6 Å². The van der Waals surface area contributed by atoms with E-state index in [1.807, 2.05) is 13.1 Å². The summed E-state index contributed by atoms with van der Waals surface area (Å²) >= 11 is 7.50. The van der Waals surface area contributed by atoms with Crippen LogP contribution >= 0.6 is 22.9 Å². The number of nitrogens with zero attached hydrogens (tertiary/aromatic N) is 3. The van der Waals surface area contributed by atoms with E-state index in [1.54, 1.807) is 37.2 Å². The van der Waals surface area contributed by atoms with E-state index in [0.29, 0.717) is 22.1 Å². The van der Waals surface area contributed by atoms with Crippen molar-refractivity contribution in [3.63, 3.8) is 0 Å². The van der Waals surface area contributed by atoms with Gasteiger partial charge < -0.3 is 25.8 Å². The molecule has 11 heteroatoms. The summed E-state index contributed by atoms with van der Waals surface area (Å²) in [4.78, 5) is 52.9. The Balaban J connectivity index is 1.49. The molecule has 196 valence electrons. The van der Waals surface area contributed by atoms with Crippen LogP contribution in [0.3, 0.4) is 0 Å². The van der Waals surface area contributed by atoms with Crippen molar-refractivity contribution in [3.8, 4) is 0 Å². The molecule has 9 nitrogen and oxygen atoms in total. The minimum absolute atomic E-state index is 0.0280. The predicted molar refractivity (Wildman–Crippen MR) is 144 cm³/mol. The number of rotatable bonds is 5. The molecule has 3 unspecified atom stereocenters. The highest BCUT2D eigenvalue weighted by atomic mass is 35.5. The highest BCUT2D eigenvalue weighted by Crippen LogP contribution is 2.36. The predicted octanol–water partition coefficient (Wildman–Crippen LogP) is 2.83. The second-order valence-electron chi connectivity index (χ2n) is 10.4. The van der Waals surface area contributed by atoms with Crippen LogP contribution in [0.15, 0.2) is 24.3 Å². The summed E-state index contributed by atoms with van der Waals surface area (Å²) in [7, 11) is 5.45. The molecule has 3 atom stereocenters. The molecule has 2 aromatic heterocycles. The number of benzene rings is 1. The van der Waals surface area contributed by atoms with Crippen LogP contribution in [0.4, 0.5) is 0 Å². The van der Waals surface area contributed by atoms with Gasteiger partial charge in [0, 0.05) is 66.4 Å². The number of carbonyl (C=O) groups excluding carboxylic acids is 3. The second-order valence-corrected chi connectivity index (χ2v) is 11.9. The van der Waals surface area contributed by atoms with Crippen molar-refractivity contribution in [3.05, 3.63) is 50.6 Å². The Kier molecular flexibility index (Phi) is 6.86. The molecule has 1 saturated carbocycles. The summed E-state index contributed by atoms with van der Waals surface area (Å²) < 4.78 is 0. The molecule has 0 bridgehead atoms. The number of hydrogen-bond donors (Lipinski definition) is 3. The number of H-pyrrole nitrogens is 1. The number of hydrogen-bond acceptors (Lipinski definition) is 7. The van der Waals surface area contributed by atoms with Gasteiger partial charge in [0.2, 0.25) is 11.7 Å². The van der Waals surface area contributed by atoms with Crippen LogP contribution in [0.1, 0.15) is 50.1 Å². The highest BCUT2D eigenvalue weighted by Gasteiger charge is 2.51. The van der Waals surface area contributed by atoms with Gasteiger partial charge in [-0.05, 0) is 50.6 Å². The fourth-order valence-electron chi connectivity index (χ4n) is 5.44. The molecule has 0 saturated heterocycles. The fourth-order valence-corrected chi connectivity index (χ4v) is 6.70. The first-order valence-corrected chi connectivity index (χ1v) is 13.6. The Morgan fingerprint density at radius 2 is 2.08 bits per heavy atom. The molecule has 0 radical (unpaired) electrons. The van der Waals surface area contributed by atoms with E-state index in [0.717, 1.165) is 41.0 Å². The monoisotopic (exact) mass is 542 g/mol. The molecule has 4 N–H and O–H groups in total. The summed E-state index contributed by atoms with van der Waals surface area (Å²) in [6.45, 7) is 1.63. The van der Waals surface area contributed by atoms with E-state index in [9.17, 15) is 14.4 Å². The summed E-state index contributed by atoms with van der Waals surface area (Å²) in [6, 6.07) is 6.31. The van der Waals surface area contributed by atoms with Crippen molar-refractivity contribution in [2.24, 2.45) is 11.7 Å². The zero-order valence-electron chi connectivity index (χ0n) is 21.1. The molecule has 1 fully saturated rings. The number of fused-ring (bicyclic) bond motifs is 2. The Labute approximate surface area is 224 Å². The zero-order valence-corrected chi connectivity index (χ0v) is 22.7. The Bertz CT molecular complexity index is 1380. The van der Waals surface area contributed by atoms with Gasteiger partial charge in [0.05, 0.1) is 11.4 Å². The van der Waals surface area contributed by atoms with Gasteiger partial charge in [-0.1, -0.05) is 11.6 Å². The maximum atomic E-state index is 14.1. The third-order valence-electron chi connectivity index (χ3n) is 7.53. The van der Waals surface area contributed by atoms with Crippen molar-refractivity contribution in [2.45, 2.75) is 43.8 Å². The lowest BCUT2D eigenvalue weighted by atomic mass is 9.69. The van der Waals surface area contributed by atoms with Gasteiger partial charge in [-0.15, -0.1) is 11.3 Å². The van der Waals surface area contributed by atoms with Crippen molar-refractivity contribution in [1.82, 2.24) is 25.1 Å². The number of likely N-dealkylation sites (N-methyl/N-ethyl adjacent to an activating group) is 1. The Morgan fingerprint density at radius 3 is 2.81 bits per heavy atom. The largest absolute Gasteiger partial charge is 0.352 e. The second kappa shape index (κ2) is 9.83. The Morgan fingerprint density at radius 1 is 1.30 bits per heavy atom. The number of thiazole rings is 1. The summed E-state index contributed by atoms with van der Waals surface area (Å²) in [6.07, 6.45) is 1.74. The number of Topliss-reactive ketones (excluding diaryl/α,β-unsaturated/α-hetero) is 1. The number of ketones is 1. The average Bonchev–Trinajstić information content (AvgIpc) is 3.47. The highest BCUT2D eigenvalue weighted by molar-refractivity contribution is 7.13.